The van der Waals surface area contributed by atoms with Crippen molar-refractivity contribution in [2.24, 2.45) is 0 Å². The van der Waals surface area contributed by atoms with Crippen molar-refractivity contribution in [3.05, 3.63) is 224 Å². The summed E-state index contributed by atoms with van der Waals surface area (Å²) in [5, 5.41) is 18.3. The number of carbonyl (C=O) groups is 2. The highest BCUT2D eigenvalue weighted by molar-refractivity contribution is 5.95. The number of hydrogen-bond donors (Lipinski definition) is 2. The first kappa shape index (κ1) is 43.1. The quantitative estimate of drug-likeness (QED) is 0.0575. The zero-order valence-corrected chi connectivity index (χ0v) is 34.4. The maximum absolute atomic E-state index is 11.2. The molecule has 0 radical (unpaired) electrons. The van der Waals surface area contributed by atoms with Crippen LogP contribution in [0.2, 0.25) is 0 Å². The minimum Gasteiger partial charge on any atom is -0.486 e. The van der Waals surface area contributed by atoms with Gasteiger partial charge in [-0.3, -0.25) is 9.59 Å². The minimum atomic E-state index is -1.25. The molecule has 8 nitrogen and oxygen atoms in total. The molecule has 0 atom stereocenters. The van der Waals surface area contributed by atoms with E-state index in [0.717, 1.165) is 63.5 Å². The van der Waals surface area contributed by atoms with Crippen molar-refractivity contribution < 1.29 is 19.8 Å². The molecule has 0 aliphatic heterocycles. The number of hydrogen-bond acceptors (Lipinski definition) is 4. The Morgan fingerprint density at radius 3 is 0.871 bits per heavy atom. The van der Waals surface area contributed by atoms with E-state index in [1.165, 1.54) is 17.8 Å². The van der Waals surface area contributed by atoms with E-state index in [2.05, 4.69) is 143 Å². The van der Waals surface area contributed by atoms with Gasteiger partial charge in [-0.25, -0.2) is 9.69 Å². The number of aliphatic carboxylic acids is 2. The van der Waals surface area contributed by atoms with E-state index in [4.69, 9.17) is 23.4 Å². The first-order valence-electron chi connectivity index (χ1n) is 20.0. The van der Waals surface area contributed by atoms with Gasteiger partial charge in [0.15, 0.2) is 0 Å². The summed E-state index contributed by atoms with van der Waals surface area (Å²) in [6, 6.07) is 48.4. The molecule has 62 heavy (non-hydrogen) atoms. The van der Waals surface area contributed by atoms with Crippen LogP contribution >= 0.6 is 0 Å². The standard InChI is InChI=1S/C54H44N4O4/c1-5-57(6-2)47-29-21-41(22-30-47)11-12-44-27-35-50(36-28-44)58(48-31-23-42(24-32-48)9-7-39-13-17-45(18-14-39)37-51(55-3)53(59)60)49-33-25-43(26-34-49)10-8-40-15-19-46(20-16-40)38-52(56-4)54(61)62/h7-38H,5-6H2,1-2H3,(H,59,60)(H,61,62)/b9-7+,10-8+,12-11+,51-37-,52-38-. The topological polar surface area (TPSA) is 89.8 Å². The molecule has 0 unspecified atom stereocenters. The van der Waals surface area contributed by atoms with Crippen molar-refractivity contribution in [1.29, 1.82) is 0 Å². The third-order valence-electron chi connectivity index (χ3n) is 10.0. The minimum absolute atomic E-state index is 0.331. The Bertz CT molecular complexity index is 2590. The summed E-state index contributed by atoms with van der Waals surface area (Å²) in [7, 11) is 0. The molecule has 0 saturated carbocycles. The van der Waals surface area contributed by atoms with Crippen LogP contribution in [-0.2, 0) is 9.59 Å². The van der Waals surface area contributed by atoms with E-state index in [9.17, 15) is 9.59 Å². The summed E-state index contributed by atoms with van der Waals surface area (Å²) in [6.45, 7) is 20.4. The van der Waals surface area contributed by atoms with Crippen LogP contribution in [0, 0.1) is 13.1 Å². The van der Waals surface area contributed by atoms with Crippen molar-refractivity contribution in [1.82, 2.24) is 0 Å². The first-order valence-corrected chi connectivity index (χ1v) is 20.0. The van der Waals surface area contributed by atoms with E-state index < -0.39 is 11.9 Å². The van der Waals surface area contributed by atoms with Gasteiger partial charge in [-0.1, -0.05) is 134 Å². The van der Waals surface area contributed by atoms with Gasteiger partial charge in [0.2, 0.25) is 0 Å². The fraction of sp³-hybridized carbons (Fsp3) is 0.0741. The largest absolute Gasteiger partial charge is 0.486 e. The van der Waals surface area contributed by atoms with Gasteiger partial charge in [-0.05, 0) is 119 Å². The molecule has 8 heteroatoms. The number of anilines is 4. The highest BCUT2D eigenvalue weighted by atomic mass is 16.4. The van der Waals surface area contributed by atoms with Crippen LogP contribution in [0.3, 0.4) is 0 Å². The van der Waals surface area contributed by atoms with Crippen molar-refractivity contribution in [2.75, 3.05) is 22.9 Å². The summed E-state index contributed by atoms with van der Waals surface area (Å²) in [4.78, 5) is 33.1. The number of nitrogens with zero attached hydrogens (tertiary/aromatic N) is 4. The van der Waals surface area contributed by atoms with Crippen molar-refractivity contribution in [3.63, 3.8) is 0 Å². The fourth-order valence-corrected chi connectivity index (χ4v) is 6.62. The van der Waals surface area contributed by atoms with Crippen LogP contribution in [0.5, 0.6) is 0 Å². The van der Waals surface area contributed by atoms with Gasteiger partial charge < -0.3 is 20.0 Å². The van der Waals surface area contributed by atoms with Crippen LogP contribution < -0.4 is 9.80 Å². The summed E-state index contributed by atoms with van der Waals surface area (Å²) >= 11 is 0. The Morgan fingerprint density at radius 2 is 0.645 bits per heavy atom. The predicted octanol–water partition coefficient (Wildman–Crippen LogP) is 13.2. The lowest BCUT2D eigenvalue weighted by Crippen LogP contribution is -2.21. The fourth-order valence-electron chi connectivity index (χ4n) is 6.62. The van der Waals surface area contributed by atoms with Gasteiger partial charge in [0.25, 0.3) is 11.4 Å². The number of benzene rings is 6. The van der Waals surface area contributed by atoms with Crippen molar-refractivity contribution >= 4 is 83.3 Å². The average Bonchev–Trinajstić information content (AvgIpc) is 3.30. The number of rotatable bonds is 16. The van der Waals surface area contributed by atoms with Crippen LogP contribution in [0.1, 0.15) is 58.4 Å². The molecule has 2 N–H and O–H groups in total. The van der Waals surface area contributed by atoms with E-state index in [0.29, 0.717) is 11.1 Å². The second-order valence-electron chi connectivity index (χ2n) is 14.1. The Labute approximate surface area is 362 Å². The summed E-state index contributed by atoms with van der Waals surface area (Å²) in [6.07, 6.45) is 15.0. The molecule has 6 aromatic carbocycles. The Hall–Kier alpha value is -8.46. The molecule has 6 rings (SSSR count). The van der Waals surface area contributed by atoms with Gasteiger partial charge in [-0.2, -0.15) is 0 Å². The highest BCUT2D eigenvalue weighted by Gasteiger charge is 2.13. The van der Waals surface area contributed by atoms with Gasteiger partial charge in [-0.15, -0.1) is 0 Å². The summed E-state index contributed by atoms with van der Waals surface area (Å²) in [5.74, 6) is -2.50. The molecule has 0 aliphatic rings. The first-order chi connectivity index (χ1) is 30.2. The average molecular weight is 813 g/mol. The molecular weight excluding hydrogens is 769 g/mol. The van der Waals surface area contributed by atoms with Crippen LogP contribution in [0.15, 0.2) is 157 Å². The Morgan fingerprint density at radius 1 is 0.419 bits per heavy atom. The molecule has 304 valence electrons. The zero-order chi connectivity index (χ0) is 43.8. The predicted molar refractivity (Wildman–Crippen MR) is 255 cm³/mol. The number of carboxylic acid groups (broad SMARTS) is 2. The van der Waals surface area contributed by atoms with Gasteiger partial charge in [0.1, 0.15) is 0 Å². The smallest absolute Gasteiger partial charge is 0.333 e. The van der Waals surface area contributed by atoms with E-state index in [1.807, 2.05) is 48.6 Å². The molecule has 0 bridgehead atoms. The second-order valence-corrected chi connectivity index (χ2v) is 14.1. The molecule has 0 saturated heterocycles. The lowest BCUT2D eigenvalue weighted by Gasteiger charge is -2.26. The third kappa shape index (κ3) is 11.6. The molecule has 6 aromatic rings. The van der Waals surface area contributed by atoms with Gasteiger partial charge in [0, 0.05) is 35.8 Å². The normalized spacial score (nSPS) is 11.7. The van der Waals surface area contributed by atoms with Crippen molar-refractivity contribution in [3.8, 4) is 0 Å². The Balaban J connectivity index is 1.23. The molecular formula is C54H44N4O4. The SMILES string of the molecule is [C-]#[N+]/C(=C\c1ccc(/C=C/c2ccc(N(c3ccc(/C=C/c4ccc(/C=C(\[N+]#[C-])C(=O)O)cc4)cc3)c3ccc(/C=C/c4ccc(N(CC)CC)cc4)cc3)cc2)cc1)C(=O)O. The lowest BCUT2D eigenvalue weighted by molar-refractivity contribution is -0.133. The van der Waals surface area contributed by atoms with Crippen LogP contribution in [0.25, 0.3) is 58.3 Å². The van der Waals surface area contributed by atoms with E-state index >= 15 is 0 Å². The monoisotopic (exact) mass is 812 g/mol. The second kappa shape index (κ2) is 21.0. The lowest BCUT2D eigenvalue weighted by atomic mass is 10.1. The molecule has 0 aromatic heterocycles. The summed E-state index contributed by atoms with van der Waals surface area (Å²) < 4.78 is 0. The number of carboxylic acids is 2. The van der Waals surface area contributed by atoms with Crippen LogP contribution in [0.4, 0.5) is 22.7 Å². The molecule has 0 amide bonds. The van der Waals surface area contributed by atoms with E-state index in [-0.39, 0.29) is 11.4 Å². The molecule has 0 aliphatic carbocycles. The molecule has 0 spiro atoms. The van der Waals surface area contributed by atoms with Gasteiger partial charge >= 0.3 is 11.9 Å². The van der Waals surface area contributed by atoms with Crippen LogP contribution in [-0.4, -0.2) is 35.2 Å². The maximum atomic E-state index is 11.2. The Kier molecular flexibility index (Phi) is 14.6. The van der Waals surface area contributed by atoms with Crippen molar-refractivity contribution in [2.45, 2.75) is 13.8 Å². The molecule has 0 fully saturated rings. The van der Waals surface area contributed by atoms with Gasteiger partial charge in [0.05, 0.1) is 13.1 Å². The van der Waals surface area contributed by atoms with E-state index in [1.54, 1.807) is 24.3 Å². The third-order valence-corrected chi connectivity index (χ3v) is 10.0. The zero-order valence-electron chi connectivity index (χ0n) is 34.4. The highest BCUT2D eigenvalue weighted by Crippen LogP contribution is 2.35. The molecule has 0 heterocycles. The maximum Gasteiger partial charge on any atom is 0.333 e. The summed E-state index contributed by atoms with van der Waals surface area (Å²) in [5.41, 5.74) is 10.9.